The van der Waals surface area contributed by atoms with Gasteiger partial charge < -0.3 is 15.0 Å². The number of aromatic amines is 1. The molecule has 5 nitrogen and oxygen atoms in total. The van der Waals surface area contributed by atoms with E-state index in [1.54, 1.807) is 24.4 Å². The Balaban J connectivity index is 1.97. The van der Waals surface area contributed by atoms with Crippen molar-refractivity contribution in [2.24, 2.45) is 0 Å². The number of benzene rings is 2. The molecule has 4 rings (SSSR count). The van der Waals surface area contributed by atoms with E-state index in [1.165, 1.54) is 5.56 Å². The van der Waals surface area contributed by atoms with Crippen LogP contribution in [0, 0.1) is 6.92 Å². The minimum atomic E-state index is -0.173. The number of nitrogens with zero attached hydrogens (tertiary/aromatic N) is 2. The summed E-state index contributed by atoms with van der Waals surface area (Å²) in [5.74, 6) is 0.587. The molecule has 1 atom stereocenters. The van der Waals surface area contributed by atoms with Crippen molar-refractivity contribution < 1.29 is 5.11 Å². The zero-order valence-electron chi connectivity index (χ0n) is 17.2. The fraction of sp³-hybridized carbons (Fsp3) is 0.250. The number of pyridine rings is 2. The van der Waals surface area contributed by atoms with E-state index in [2.05, 4.69) is 48.0 Å². The second-order valence-electron chi connectivity index (χ2n) is 7.98. The number of fused-ring (bicyclic) bond motifs is 3. The molecule has 4 aromatic rings. The first-order valence-electron chi connectivity index (χ1n) is 9.75. The van der Waals surface area contributed by atoms with Crippen LogP contribution in [0.3, 0.4) is 0 Å². The summed E-state index contributed by atoms with van der Waals surface area (Å²) < 4.78 is 0. The number of hydrogen-bond donors (Lipinski definition) is 2. The first-order chi connectivity index (χ1) is 13.9. The van der Waals surface area contributed by atoms with Gasteiger partial charge in [-0.25, -0.2) is 0 Å². The maximum Gasteiger partial charge on any atom is 0.257 e. The number of aromatic nitrogens is 2. The zero-order valence-corrected chi connectivity index (χ0v) is 17.2. The van der Waals surface area contributed by atoms with E-state index in [9.17, 15) is 9.90 Å². The molecule has 2 aromatic heterocycles. The van der Waals surface area contributed by atoms with Crippen LogP contribution in [-0.4, -0.2) is 40.6 Å². The molecule has 0 saturated heterocycles. The number of phenols is 1. The molecule has 148 valence electrons. The molecule has 0 aliphatic heterocycles. The van der Waals surface area contributed by atoms with Gasteiger partial charge in [0, 0.05) is 23.7 Å². The highest BCUT2D eigenvalue weighted by Gasteiger charge is 2.18. The Labute approximate surface area is 169 Å². The van der Waals surface area contributed by atoms with Gasteiger partial charge in [-0.05, 0) is 61.8 Å². The minimum Gasteiger partial charge on any atom is -0.507 e. The highest BCUT2D eigenvalue weighted by molar-refractivity contribution is 6.13. The third-order valence-electron chi connectivity index (χ3n) is 5.44. The van der Waals surface area contributed by atoms with E-state index in [-0.39, 0.29) is 11.3 Å². The van der Waals surface area contributed by atoms with Crippen LogP contribution in [-0.2, 0) is 0 Å². The van der Waals surface area contributed by atoms with Gasteiger partial charge in [0.2, 0.25) is 0 Å². The Morgan fingerprint density at radius 1 is 1.17 bits per heavy atom. The summed E-state index contributed by atoms with van der Waals surface area (Å²) >= 11 is 0. The van der Waals surface area contributed by atoms with Crippen LogP contribution in [0.25, 0.3) is 32.9 Å². The molecule has 0 bridgehead atoms. The molecule has 0 aliphatic carbocycles. The number of phenolic OH excluding ortho intramolecular Hbond substituents is 1. The van der Waals surface area contributed by atoms with Crippen LogP contribution in [0.4, 0.5) is 0 Å². The Hall–Kier alpha value is -3.18. The molecular weight excluding hydrogens is 362 g/mol. The molecule has 29 heavy (non-hydrogen) atoms. The summed E-state index contributed by atoms with van der Waals surface area (Å²) in [6.07, 6.45) is 1.68. The van der Waals surface area contributed by atoms with Crippen molar-refractivity contribution in [2.45, 2.75) is 19.8 Å². The topological polar surface area (TPSA) is 69.2 Å². The predicted octanol–water partition coefficient (Wildman–Crippen LogP) is 4.42. The van der Waals surface area contributed by atoms with Gasteiger partial charge in [0.1, 0.15) is 5.75 Å². The summed E-state index contributed by atoms with van der Waals surface area (Å²) in [6, 6.07) is 13.5. The van der Waals surface area contributed by atoms with Gasteiger partial charge in [-0.2, -0.15) is 0 Å². The second-order valence-corrected chi connectivity index (χ2v) is 7.98. The number of aromatic hydroxyl groups is 1. The van der Waals surface area contributed by atoms with Crippen molar-refractivity contribution in [1.29, 1.82) is 0 Å². The number of nitrogens with one attached hydrogen (secondary N) is 1. The van der Waals surface area contributed by atoms with E-state index in [0.717, 1.165) is 23.1 Å². The van der Waals surface area contributed by atoms with E-state index in [0.29, 0.717) is 27.9 Å². The monoisotopic (exact) mass is 387 g/mol. The highest BCUT2D eigenvalue weighted by Crippen LogP contribution is 2.40. The zero-order chi connectivity index (χ0) is 20.7. The quantitative estimate of drug-likeness (QED) is 0.509. The van der Waals surface area contributed by atoms with Gasteiger partial charge in [-0.3, -0.25) is 9.78 Å². The van der Waals surface area contributed by atoms with Gasteiger partial charge in [0.05, 0.1) is 16.4 Å². The van der Waals surface area contributed by atoms with Crippen LogP contribution < -0.4 is 5.56 Å². The lowest BCUT2D eigenvalue weighted by Gasteiger charge is -2.18. The summed E-state index contributed by atoms with van der Waals surface area (Å²) in [5.41, 5.74) is 4.78. The lowest BCUT2D eigenvalue weighted by Crippen LogP contribution is -2.18. The standard InChI is InChI=1S/C24H25N3O2/c1-14-12-19(28)20(17-9-7-16(8-10-17)15(2)13-27(3)4)21-22(14)26-24(29)18-6-5-11-25-23(18)21/h5-12,15,28H,13H2,1-4H3,(H,26,29). The van der Waals surface area contributed by atoms with Crippen LogP contribution in [0.5, 0.6) is 5.75 Å². The summed E-state index contributed by atoms with van der Waals surface area (Å²) in [7, 11) is 4.14. The molecule has 0 amide bonds. The van der Waals surface area contributed by atoms with Crippen LogP contribution in [0.2, 0.25) is 0 Å². The fourth-order valence-corrected chi connectivity index (χ4v) is 4.09. The van der Waals surface area contributed by atoms with E-state index in [1.807, 2.05) is 19.1 Å². The molecule has 0 radical (unpaired) electrons. The van der Waals surface area contributed by atoms with Crippen molar-refractivity contribution in [3.05, 3.63) is 70.1 Å². The molecule has 0 aliphatic rings. The van der Waals surface area contributed by atoms with Gasteiger partial charge in [-0.1, -0.05) is 31.2 Å². The van der Waals surface area contributed by atoms with Crippen molar-refractivity contribution >= 4 is 21.8 Å². The average Bonchev–Trinajstić information content (AvgIpc) is 2.69. The van der Waals surface area contributed by atoms with Gasteiger partial charge >= 0.3 is 0 Å². The molecule has 0 spiro atoms. The maximum absolute atomic E-state index is 12.5. The highest BCUT2D eigenvalue weighted by atomic mass is 16.3. The first-order valence-corrected chi connectivity index (χ1v) is 9.75. The van der Waals surface area contributed by atoms with Gasteiger partial charge in [0.25, 0.3) is 5.56 Å². The summed E-state index contributed by atoms with van der Waals surface area (Å²) in [5, 5.41) is 12.1. The Morgan fingerprint density at radius 3 is 2.59 bits per heavy atom. The third kappa shape index (κ3) is 3.38. The minimum absolute atomic E-state index is 0.173. The predicted molar refractivity (Wildman–Crippen MR) is 119 cm³/mol. The molecule has 0 fully saturated rings. The van der Waals surface area contributed by atoms with Gasteiger partial charge in [-0.15, -0.1) is 0 Å². The Morgan fingerprint density at radius 2 is 1.90 bits per heavy atom. The molecule has 2 aromatic carbocycles. The molecule has 0 saturated carbocycles. The maximum atomic E-state index is 12.5. The Kier molecular flexibility index (Phi) is 4.84. The average molecular weight is 387 g/mol. The number of hydrogen-bond acceptors (Lipinski definition) is 4. The van der Waals surface area contributed by atoms with Crippen LogP contribution in [0.1, 0.15) is 24.0 Å². The van der Waals surface area contributed by atoms with Crippen LogP contribution in [0.15, 0.2) is 53.5 Å². The molecule has 5 heteroatoms. The summed E-state index contributed by atoms with van der Waals surface area (Å²) in [6.45, 7) is 5.05. The largest absolute Gasteiger partial charge is 0.507 e. The number of aryl methyl sites for hydroxylation is 1. The molecular formula is C24H25N3O2. The van der Waals surface area contributed by atoms with Crippen molar-refractivity contribution in [3.8, 4) is 16.9 Å². The number of likely N-dealkylation sites (N-methyl/N-ethyl adjacent to an activating group) is 1. The van der Waals surface area contributed by atoms with Crippen molar-refractivity contribution in [3.63, 3.8) is 0 Å². The van der Waals surface area contributed by atoms with E-state index < -0.39 is 0 Å². The molecule has 2 heterocycles. The van der Waals surface area contributed by atoms with Crippen LogP contribution >= 0.6 is 0 Å². The van der Waals surface area contributed by atoms with E-state index >= 15 is 0 Å². The SMILES string of the molecule is Cc1cc(O)c(-c2ccc(C(C)CN(C)C)cc2)c2c1[nH]c(=O)c1cccnc12. The third-order valence-corrected chi connectivity index (χ3v) is 5.44. The number of rotatable bonds is 4. The van der Waals surface area contributed by atoms with Crippen molar-refractivity contribution in [2.75, 3.05) is 20.6 Å². The summed E-state index contributed by atoms with van der Waals surface area (Å²) in [4.78, 5) is 22.2. The molecule has 1 unspecified atom stereocenters. The van der Waals surface area contributed by atoms with Gasteiger partial charge in [0.15, 0.2) is 0 Å². The normalized spacial score (nSPS) is 12.7. The first kappa shape index (κ1) is 19.2. The second kappa shape index (κ2) is 7.33. The Bertz CT molecular complexity index is 1260. The van der Waals surface area contributed by atoms with Crippen molar-refractivity contribution in [1.82, 2.24) is 14.9 Å². The number of H-pyrrole nitrogens is 1. The fourth-order valence-electron chi connectivity index (χ4n) is 4.09. The van der Waals surface area contributed by atoms with E-state index in [4.69, 9.17) is 0 Å². The smallest absolute Gasteiger partial charge is 0.257 e. The lowest BCUT2D eigenvalue weighted by molar-refractivity contribution is 0.383. The molecule has 2 N–H and O–H groups in total. The lowest BCUT2D eigenvalue weighted by atomic mass is 9.93.